The van der Waals surface area contributed by atoms with Gasteiger partial charge in [0.25, 0.3) is 0 Å². The van der Waals surface area contributed by atoms with Crippen molar-refractivity contribution in [2.24, 2.45) is 0 Å². The van der Waals surface area contributed by atoms with E-state index in [4.69, 9.17) is 4.74 Å². The number of carbonyl (C=O) groups excluding carboxylic acids is 2. The molecule has 0 aromatic heterocycles. The highest BCUT2D eigenvalue weighted by atomic mass is 32.2. The van der Waals surface area contributed by atoms with Gasteiger partial charge < -0.3 is 15.0 Å². The lowest BCUT2D eigenvalue weighted by atomic mass is 10.1. The zero-order chi connectivity index (χ0) is 24.6. The minimum absolute atomic E-state index is 0.0974. The van der Waals surface area contributed by atoms with Gasteiger partial charge in [-0.05, 0) is 54.7 Å². The summed E-state index contributed by atoms with van der Waals surface area (Å²) in [6, 6.07) is 13.2. The molecule has 7 nitrogen and oxygen atoms in total. The van der Waals surface area contributed by atoms with Crippen molar-refractivity contribution in [2.75, 3.05) is 20.2 Å². The fourth-order valence-corrected chi connectivity index (χ4v) is 5.71. The van der Waals surface area contributed by atoms with Gasteiger partial charge in [-0.1, -0.05) is 37.1 Å². The van der Waals surface area contributed by atoms with E-state index in [-0.39, 0.29) is 36.4 Å². The minimum atomic E-state index is -3.62. The van der Waals surface area contributed by atoms with E-state index in [0.29, 0.717) is 17.9 Å². The molecule has 0 saturated carbocycles. The number of β-lactam (4-membered cyclic amide) rings is 1. The number of hydrogen-bond donors (Lipinski definition) is 1. The molecular weight excluding hydrogens is 459 g/mol. The topological polar surface area (TPSA) is 92.8 Å². The van der Waals surface area contributed by atoms with Crippen LogP contribution in [0.5, 0.6) is 5.75 Å². The Kier molecular flexibility index (Phi) is 9.04. The van der Waals surface area contributed by atoms with Crippen molar-refractivity contribution in [1.29, 1.82) is 0 Å². The molecule has 1 unspecified atom stereocenters. The van der Waals surface area contributed by atoms with E-state index in [2.05, 4.69) is 5.32 Å². The Morgan fingerprint density at radius 1 is 1.03 bits per heavy atom. The second kappa shape index (κ2) is 12.0. The summed E-state index contributed by atoms with van der Waals surface area (Å²) in [5.74, 6) is -0.500. The number of sulfone groups is 1. The zero-order valence-corrected chi connectivity index (χ0v) is 20.2. The van der Waals surface area contributed by atoms with Gasteiger partial charge in [-0.25, -0.2) is 12.8 Å². The number of likely N-dealkylation sites (tertiary alicyclic amines) is 1. The average molecular weight is 491 g/mol. The van der Waals surface area contributed by atoms with Crippen molar-refractivity contribution >= 4 is 21.7 Å². The van der Waals surface area contributed by atoms with Gasteiger partial charge in [-0.3, -0.25) is 9.59 Å². The van der Waals surface area contributed by atoms with Crippen LogP contribution in [0.2, 0.25) is 0 Å². The molecule has 184 valence electrons. The molecule has 9 heteroatoms. The third kappa shape index (κ3) is 7.28. The molecule has 1 N–H and O–H groups in total. The van der Waals surface area contributed by atoms with Gasteiger partial charge in [0.15, 0.2) is 9.84 Å². The first-order valence-electron chi connectivity index (χ1n) is 11.4. The van der Waals surface area contributed by atoms with E-state index in [9.17, 15) is 22.4 Å². The van der Waals surface area contributed by atoms with Crippen molar-refractivity contribution in [2.45, 2.75) is 49.7 Å². The quantitative estimate of drug-likeness (QED) is 0.344. The predicted octanol–water partition coefficient (Wildman–Crippen LogP) is 3.23. The molecule has 0 radical (unpaired) electrons. The van der Waals surface area contributed by atoms with Gasteiger partial charge in [0, 0.05) is 6.54 Å². The average Bonchev–Trinajstić information content (AvgIpc) is 2.81. The number of aryl methyl sites for hydroxylation is 1. The maximum Gasteiger partial charge on any atom is 0.239 e. The lowest BCUT2D eigenvalue weighted by Gasteiger charge is -2.39. The van der Waals surface area contributed by atoms with Gasteiger partial charge in [-0.15, -0.1) is 0 Å². The van der Waals surface area contributed by atoms with Gasteiger partial charge in [0.05, 0.1) is 19.3 Å². The lowest BCUT2D eigenvalue weighted by molar-refractivity contribution is -0.145. The summed E-state index contributed by atoms with van der Waals surface area (Å²) in [4.78, 5) is 25.4. The molecule has 1 saturated heterocycles. The van der Waals surface area contributed by atoms with E-state index >= 15 is 0 Å². The van der Waals surface area contributed by atoms with Crippen LogP contribution < -0.4 is 10.1 Å². The van der Waals surface area contributed by atoms with Crippen LogP contribution in [0.3, 0.4) is 0 Å². The molecule has 34 heavy (non-hydrogen) atoms. The summed E-state index contributed by atoms with van der Waals surface area (Å²) in [5, 5.41) is 1.80. The number of benzene rings is 2. The molecule has 1 aliphatic heterocycles. The van der Waals surface area contributed by atoms with Crippen LogP contribution in [0.15, 0.2) is 48.5 Å². The van der Waals surface area contributed by atoms with Crippen molar-refractivity contribution in [3.05, 3.63) is 65.5 Å². The van der Waals surface area contributed by atoms with Crippen LogP contribution >= 0.6 is 0 Å². The normalized spacial score (nSPS) is 15.6. The van der Waals surface area contributed by atoms with Crippen LogP contribution in [0.25, 0.3) is 0 Å². The number of carbonyl (C=O) groups is 2. The number of methoxy groups -OCH3 is 1. The molecule has 2 aromatic rings. The Bertz CT molecular complexity index is 1070. The summed E-state index contributed by atoms with van der Waals surface area (Å²) >= 11 is 0. The molecule has 0 spiro atoms. The number of nitrogens with one attached hydrogen (secondary N) is 1. The number of ether oxygens (including phenoxy) is 1. The Balaban J connectivity index is 1.35. The molecule has 1 heterocycles. The summed E-state index contributed by atoms with van der Waals surface area (Å²) in [5.41, 5.74) is 1.70. The van der Waals surface area contributed by atoms with Crippen molar-refractivity contribution < 1.29 is 27.1 Å². The number of nitrogens with zero attached hydrogens (tertiary/aromatic N) is 1. The fraction of sp³-hybridized carbons (Fsp3) is 0.440. The van der Waals surface area contributed by atoms with E-state index in [0.717, 1.165) is 42.6 Å². The minimum Gasteiger partial charge on any atom is -0.497 e. The standard InChI is InChI=1S/C25H31FN2O5S/c1-33-22-13-9-20(10-14-22)18-34(31,32)25-16-24(30)28(25)17-23(29)27-15-5-3-2-4-6-19-7-11-21(26)12-8-19/h7-14,25H,2-6,15-18H2,1H3,(H,27,29). The first kappa shape index (κ1) is 25.7. The van der Waals surface area contributed by atoms with Crippen molar-refractivity contribution in [1.82, 2.24) is 10.2 Å². The molecular formula is C25H31FN2O5S. The number of halogens is 1. The van der Waals surface area contributed by atoms with Crippen LogP contribution in [-0.2, 0) is 31.6 Å². The number of rotatable bonds is 13. The van der Waals surface area contributed by atoms with E-state index in [1.807, 2.05) is 0 Å². The zero-order valence-electron chi connectivity index (χ0n) is 19.3. The Labute approximate surface area is 200 Å². The van der Waals surface area contributed by atoms with E-state index < -0.39 is 15.2 Å². The molecule has 1 atom stereocenters. The Morgan fingerprint density at radius 2 is 1.68 bits per heavy atom. The second-order valence-corrected chi connectivity index (χ2v) is 10.6. The van der Waals surface area contributed by atoms with Crippen molar-refractivity contribution in [3.63, 3.8) is 0 Å². The second-order valence-electron chi connectivity index (χ2n) is 8.48. The molecule has 0 aliphatic carbocycles. The van der Waals surface area contributed by atoms with Crippen LogP contribution in [0, 0.1) is 5.82 Å². The molecule has 1 fully saturated rings. The van der Waals surface area contributed by atoms with Crippen LogP contribution in [0.1, 0.15) is 43.2 Å². The van der Waals surface area contributed by atoms with Crippen LogP contribution in [-0.4, -0.2) is 50.7 Å². The first-order valence-corrected chi connectivity index (χ1v) is 13.1. The summed E-state index contributed by atoms with van der Waals surface area (Å²) in [6.07, 6.45) is 4.49. The lowest BCUT2D eigenvalue weighted by Crippen LogP contribution is -2.59. The largest absolute Gasteiger partial charge is 0.497 e. The monoisotopic (exact) mass is 490 g/mol. The maximum absolute atomic E-state index is 12.9. The fourth-order valence-electron chi connectivity index (χ4n) is 3.88. The molecule has 3 rings (SSSR count). The first-order chi connectivity index (χ1) is 16.3. The van der Waals surface area contributed by atoms with Crippen molar-refractivity contribution in [3.8, 4) is 5.75 Å². The third-order valence-corrected chi connectivity index (χ3v) is 7.89. The van der Waals surface area contributed by atoms with Gasteiger partial charge in [0.2, 0.25) is 11.8 Å². The summed E-state index contributed by atoms with van der Waals surface area (Å²) in [6.45, 7) is 0.219. The number of unbranched alkanes of at least 4 members (excludes halogenated alkanes) is 3. The van der Waals surface area contributed by atoms with E-state index in [1.54, 1.807) is 36.4 Å². The molecule has 2 aromatic carbocycles. The Hall–Kier alpha value is -2.94. The highest BCUT2D eigenvalue weighted by Crippen LogP contribution is 2.27. The smallest absolute Gasteiger partial charge is 0.239 e. The number of hydrogen-bond acceptors (Lipinski definition) is 5. The van der Waals surface area contributed by atoms with Crippen LogP contribution in [0.4, 0.5) is 4.39 Å². The number of amides is 2. The van der Waals surface area contributed by atoms with Gasteiger partial charge in [0.1, 0.15) is 23.5 Å². The molecule has 0 bridgehead atoms. The van der Waals surface area contributed by atoms with Gasteiger partial charge in [-0.2, -0.15) is 0 Å². The van der Waals surface area contributed by atoms with E-state index in [1.165, 1.54) is 19.2 Å². The summed E-state index contributed by atoms with van der Waals surface area (Å²) < 4.78 is 43.5. The Morgan fingerprint density at radius 3 is 2.32 bits per heavy atom. The summed E-state index contributed by atoms with van der Waals surface area (Å²) in [7, 11) is -2.09. The predicted molar refractivity (Wildman–Crippen MR) is 127 cm³/mol. The SMILES string of the molecule is COc1ccc(CS(=O)(=O)C2CC(=O)N2CC(=O)NCCCCCCc2ccc(F)cc2)cc1. The third-order valence-electron chi connectivity index (χ3n) is 5.90. The highest BCUT2D eigenvalue weighted by Gasteiger charge is 2.45. The molecule has 1 aliphatic rings. The highest BCUT2D eigenvalue weighted by molar-refractivity contribution is 7.91. The molecule has 2 amide bonds. The maximum atomic E-state index is 12.9. The van der Waals surface area contributed by atoms with Gasteiger partial charge >= 0.3 is 0 Å².